The standard InChI is InChI=1S/C11H19N3O/c1-11(2,3)9(15-5)10-13-7-6-8(12-4)14-10/h6-7,9H,1-5H3,(H,12,13,14). The van der Waals surface area contributed by atoms with Crippen molar-refractivity contribution in [1.29, 1.82) is 0 Å². The first-order chi connectivity index (χ1) is 6.99. The summed E-state index contributed by atoms with van der Waals surface area (Å²) < 4.78 is 5.45. The molecule has 0 saturated carbocycles. The van der Waals surface area contributed by atoms with E-state index in [9.17, 15) is 0 Å². The minimum Gasteiger partial charge on any atom is -0.373 e. The second kappa shape index (κ2) is 4.57. The molecule has 0 radical (unpaired) electrons. The first-order valence-corrected chi connectivity index (χ1v) is 5.02. The van der Waals surface area contributed by atoms with Gasteiger partial charge in [0.15, 0.2) is 5.82 Å². The van der Waals surface area contributed by atoms with Crippen molar-refractivity contribution in [2.75, 3.05) is 19.5 Å². The predicted molar refractivity (Wildman–Crippen MR) is 60.8 cm³/mol. The Kier molecular flexibility index (Phi) is 3.63. The molecule has 0 amide bonds. The van der Waals surface area contributed by atoms with Crippen molar-refractivity contribution in [2.24, 2.45) is 5.41 Å². The maximum atomic E-state index is 5.45. The van der Waals surface area contributed by atoms with Crippen molar-refractivity contribution in [2.45, 2.75) is 26.9 Å². The molecular weight excluding hydrogens is 190 g/mol. The first-order valence-electron chi connectivity index (χ1n) is 5.02. The monoisotopic (exact) mass is 209 g/mol. The molecule has 4 nitrogen and oxygen atoms in total. The Labute approximate surface area is 91.1 Å². The number of nitrogens with zero attached hydrogens (tertiary/aromatic N) is 2. The zero-order chi connectivity index (χ0) is 11.5. The Morgan fingerprint density at radius 1 is 1.40 bits per heavy atom. The van der Waals surface area contributed by atoms with Gasteiger partial charge in [-0.15, -0.1) is 0 Å². The number of hydrogen-bond donors (Lipinski definition) is 1. The lowest BCUT2D eigenvalue weighted by Crippen LogP contribution is -2.22. The van der Waals surface area contributed by atoms with Crippen LogP contribution in [0.2, 0.25) is 0 Å². The highest BCUT2D eigenvalue weighted by atomic mass is 16.5. The van der Waals surface area contributed by atoms with Gasteiger partial charge in [0, 0.05) is 20.4 Å². The average Bonchev–Trinajstić information content (AvgIpc) is 2.17. The van der Waals surface area contributed by atoms with E-state index in [1.54, 1.807) is 13.3 Å². The molecule has 4 heteroatoms. The minimum atomic E-state index is -0.0919. The molecule has 0 fully saturated rings. The molecule has 1 heterocycles. The molecule has 1 N–H and O–H groups in total. The normalized spacial score (nSPS) is 13.7. The van der Waals surface area contributed by atoms with E-state index in [1.807, 2.05) is 13.1 Å². The van der Waals surface area contributed by atoms with Crippen LogP contribution in [0.1, 0.15) is 32.7 Å². The molecule has 0 aliphatic heterocycles. The van der Waals surface area contributed by atoms with Crippen LogP contribution in [0.4, 0.5) is 5.82 Å². The van der Waals surface area contributed by atoms with E-state index in [4.69, 9.17) is 4.74 Å². The van der Waals surface area contributed by atoms with Gasteiger partial charge in [-0.1, -0.05) is 20.8 Å². The highest BCUT2D eigenvalue weighted by Crippen LogP contribution is 2.33. The summed E-state index contributed by atoms with van der Waals surface area (Å²) in [6.45, 7) is 6.32. The van der Waals surface area contributed by atoms with E-state index < -0.39 is 0 Å². The molecule has 1 aromatic heterocycles. The highest BCUT2D eigenvalue weighted by molar-refractivity contribution is 5.32. The van der Waals surface area contributed by atoms with Gasteiger partial charge >= 0.3 is 0 Å². The molecule has 0 aliphatic rings. The van der Waals surface area contributed by atoms with Gasteiger partial charge in [-0.25, -0.2) is 9.97 Å². The third-order valence-electron chi connectivity index (χ3n) is 2.19. The largest absolute Gasteiger partial charge is 0.373 e. The number of anilines is 1. The third-order valence-corrected chi connectivity index (χ3v) is 2.19. The molecule has 1 unspecified atom stereocenters. The van der Waals surface area contributed by atoms with Crippen LogP contribution in [0.5, 0.6) is 0 Å². The lowest BCUT2D eigenvalue weighted by molar-refractivity contribution is 0.00876. The maximum Gasteiger partial charge on any atom is 0.159 e. The molecule has 0 saturated heterocycles. The molecule has 15 heavy (non-hydrogen) atoms. The van der Waals surface area contributed by atoms with Crippen LogP contribution in [-0.2, 0) is 4.74 Å². The van der Waals surface area contributed by atoms with Crippen LogP contribution in [0.3, 0.4) is 0 Å². The van der Waals surface area contributed by atoms with Gasteiger partial charge in [0.25, 0.3) is 0 Å². The van der Waals surface area contributed by atoms with Crippen LogP contribution in [0, 0.1) is 5.41 Å². The summed E-state index contributed by atoms with van der Waals surface area (Å²) in [6, 6.07) is 1.83. The molecule has 1 atom stereocenters. The Morgan fingerprint density at radius 2 is 2.07 bits per heavy atom. The quantitative estimate of drug-likeness (QED) is 0.829. The summed E-state index contributed by atoms with van der Waals surface area (Å²) in [4.78, 5) is 8.63. The lowest BCUT2D eigenvalue weighted by atomic mass is 9.88. The van der Waals surface area contributed by atoms with Crippen LogP contribution in [0.25, 0.3) is 0 Å². The van der Waals surface area contributed by atoms with Crippen molar-refractivity contribution >= 4 is 5.82 Å². The number of hydrogen-bond acceptors (Lipinski definition) is 4. The van der Waals surface area contributed by atoms with Crippen molar-refractivity contribution in [3.63, 3.8) is 0 Å². The van der Waals surface area contributed by atoms with E-state index in [1.165, 1.54) is 0 Å². The van der Waals surface area contributed by atoms with Crippen molar-refractivity contribution in [1.82, 2.24) is 9.97 Å². The van der Waals surface area contributed by atoms with Gasteiger partial charge in [0.2, 0.25) is 0 Å². The summed E-state index contributed by atoms with van der Waals surface area (Å²) >= 11 is 0. The Hall–Kier alpha value is -1.16. The smallest absolute Gasteiger partial charge is 0.159 e. The fourth-order valence-electron chi connectivity index (χ4n) is 1.49. The van der Waals surface area contributed by atoms with Gasteiger partial charge in [-0.3, -0.25) is 0 Å². The highest BCUT2D eigenvalue weighted by Gasteiger charge is 2.28. The number of methoxy groups -OCH3 is 1. The van der Waals surface area contributed by atoms with Gasteiger partial charge in [-0.2, -0.15) is 0 Å². The number of rotatable bonds is 3. The van der Waals surface area contributed by atoms with E-state index in [0.717, 1.165) is 11.6 Å². The average molecular weight is 209 g/mol. The van der Waals surface area contributed by atoms with E-state index in [0.29, 0.717) is 0 Å². The fourth-order valence-corrected chi connectivity index (χ4v) is 1.49. The zero-order valence-electron chi connectivity index (χ0n) is 10.0. The van der Waals surface area contributed by atoms with Gasteiger partial charge in [0.05, 0.1) is 0 Å². The van der Waals surface area contributed by atoms with Gasteiger partial charge in [-0.05, 0) is 11.5 Å². The Morgan fingerprint density at radius 3 is 2.53 bits per heavy atom. The predicted octanol–water partition coefficient (Wildman–Crippen LogP) is 2.25. The molecular formula is C11H19N3O. The Bertz CT molecular complexity index is 320. The van der Waals surface area contributed by atoms with Crippen LogP contribution in [0.15, 0.2) is 12.3 Å². The topological polar surface area (TPSA) is 47.0 Å². The second-order valence-electron chi connectivity index (χ2n) is 4.53. The molecule has 0 bridgehead atoms. The maximum absolute atomic E-state index is 5.45. The number of ether oxygens (including phenoxy) is 1. The van der Waals surface area contributed by atoms with Crippen molar-refractivity contribution in [3.05, 3.63) is 18.1 Å². The van der Waals surface area contributed by atoms with Crippen LogP contribution < -0.4 is 5.32 Å². The zero-order valence-corrected chi connectivity index (χ0v) is 10.0. The molecule has 84 valence electrons. The van der Waals surface area contributed by atoms with Crippen LogP contribution >= 0.6 is 0 Å². The molecule has 0 aromatic carbocycles. The summed E-state index contributed by atoms with van der Waals surface area (Å²) in [7, 11) is 3.52. The SMILES string of the molecule is CNc1ccnc(C(OC)C(C)(C)C)n1. The summed E-state index contributed by atoms with van der Waals surface area (Å²) in [6.07, 6.45) is 1.65. The fraction of sp³-hybridized carbons (Fsp3) is 0.636. The van der Waals surface area contributed by atoms with Gasteiger partial charge in [0.1, 0.15) is 11.9 Å². The molecule has 1 rings (SSSR count). The third kappa shape index (κ3) is 2.89. The Balaban J connectivity index is 3.02. The first kappa shape index (κ1) is 11.9. The number of aromatic nitrogens is 2. The number of nitrogens with one attached hydrogen (secondary N) is 1. The summed E-state index contributed by atoms with van der Waals surface area (Å²) in [5, 5.41) is 2.99. The van der Waals surface area contributed by atoms with Crippen molar-refractivity contribution in [3.8, 4) is 0 Å². The van der Waals surface area contributed by atoms with Gasteiger partial charge < -0.3 is 10.1 Å². The minimum absolute atomic E-state index is 0.0128. The molecule has 0 aliphatic carbocycles. The summed E-state index contributed by atoms with van der Waals surface area (Å²) in [5.74, 6) is 1.53. The second-order valence-corrected chi connectivity index (χ2v) is 4.53. The molecule has 0 spiro atoms. The van der Waals surface area contributed by atoms with E-state index in [-0.39, 0.29) is 11.5 Å². The van der Waals surface area contributed by atoms with E-state index >= 15 is 0 Å². The van der Waals surface area contributed by atoms with Crippen molar-refractivity contribution < 1.29 is 4.74 Å². The van der Waals surface area contributed by atoms with E-state index in [2.05, 4.69) is 36.1 Å². The molecule has 1 aromatic rings. The lowest BCUT2D eigenvalue weighted by Gasteiger charge is -2.27. The van der Waals surface area contributed by atoms with Crippen LogP contribution in [-0.4, -0.2) is 24.1 Å². The summed E-state index contributed by atoms with van der Waals surface area (Å²) in [5.41, 5.74) is -0.0128.